The number of alkyl halides is 3. The maximum atomic E-state index is 12.4. The minimum absolute atomic E-state index is 0.243. The number of benzene rings is 1. The second-order valence-corrected chi connectivity index (χ2v) is 4.99. The number of aromatic nitrogens is 1. The van der Waals surface area contributed by atoms with E-state index >= 15 is 0 Å². The molecule has 1 aromatic heterocycles. The molecule has 0 aliphatic heterocycles. The summed E-state index contributed by atoms with van der Waals surface area (Å²) >= 11 is 0. The Bertz CT molecular complexity index is 634. The number of nitrogens with zero attached hydrogens (tertiary/aromatic N) is 1. The lowest BCUT2D eigenvalue weighted by atomic mass is 10.2. The number of carbonyl (C=O) groups is 1. The van der Waals surface area contributed by atoms with Crippen LogP contribution in [0.4, 0.5) is 18.9 Å². The monoisotopic (exact) mass is 309 g/mol. The van der Waals surface area contributed by atoms with Crippen LogP contribution in [-0.2, 0) is 17.5 Å². The number of hydrogen-bond acceptors (Lipinski definition) is 1. The molecule has 0 aliphatic carbocycles. The van der Waals surface area contributed by atoms with Crippen LogP contribution in [0, 0.1) is 6.92 Å². The van der Waals surface area contributed by atoms with E-state index in [1.165, 1.54) is 12.1 Å². The summed E-state index contributed by atoms with van der Waals surface area (Å²) in [5.74, 6) is -0.243. The molecule has 0 spiro atoms. The highest BCUT2D eigenvalue weighted by molar-refractivity contribution is 5.90. The second-order valence-electron chi connectivity index (χ2n) is 4.99. The molecule has 0 fully saturated rings. The van der Waals surface area contributed by atoms with Gasteiger partial charge in [0, 0.05) is 17.8 Å². The number of hydrogen-bond donors (Lipinski definition) is 1. The van der Waals surface area contributed by atoms with Crippen molar-refractivity contribution in [1.82, 2.24) is 0 Å². The highest BCUT2D eigenvalue weighted by Gasteiger charge is 2.29. The minimum Gasteiger partial charge on any atom is -0.326 e. The van der Waals surface area contributed by atoms with E-state index in [-0.39, 0.29) is 12.3 Å². The van der Waals surface area contributed by atoms with Gasteiger partial charge < -0.3 is 5.32 Å². The number of carbonyl (C=O) groups excluding carboxylic acids is 1. The Morgan fingerprint density at radius 3 is 2.23 bits per heavy atom. The number of aryl methyl sites for hydroxylation is 2. The van der Waals surface area contributed by atoms with Crippen molar-refractivity contribution in [3.63, 3.8) is 0 Å². The minimum atomic E-state index is -4.37. The molecule has 1 heterocycles. The fourth-order valence-corrected chi connectivity index (χ4v) is 1.88. The molecule has 1 N–H and O–H groups in total. The van der Waals surface area contributed by atoms with Crippen LogP contribution in [0.1, 0.15) is 17.5 Å². The van der Waals surface area contributed by atoms with E-state index in [0.717, 1.165) is 17.7 Å². The van der Waals surface area contributed by atoms with E-state index in [4.69, 9.17) is 0 Å². The molecule has 0 bridgehead atoms. The lowest BCUT2D eigenvalue weighted by molar-refractivity contribution is -0.695. The van der Waals surface area contributed by atoms with Gasteiger partial charge in [0.2, 0.25) is 5.91 Å². The summed E-state index contributed by atoms with van der Waals surface area (Å²) < 4.78 is 39.2. The van der Waals surface area contributed by atoms with Crippen LogP contribution in [0.3, 0.4) is 0 Å². The number of anilines is 1. The standard InChI is InChI=1S/C16H15F3N2O/c1-12-6-9-21(10-7-12)11-8-15(22)20-14-4-2-13(3-5-14)16(17,18)19/h2-7,9-10H,8,11H2,1H3/p+1. The Kier molecular flexibility index (Phi) is 4.80. The maximum absolute atomic E-state index is 12.4. The van der Waals surface area contributed by atoms with Crippen LogP contribution in [0.25, 0.3) is 0 Å². The molecule has 6 heteroatoms. The molecule has 116 valence electrons. The zero-order valence-corrected chi connectivity index (χ0v) is 12.0. The fraction of sp³-hybridized carbons (Fsp3) is 0.250. The third kappa shape index (κ3) is 4.58. The third-order valence-electron chi connectivity index (χ3n) is 3.15. The van der Waals surface area contributed by atoms with Crippen LogP contribution in [0.5, 0.6) is 0 Å². The summed E-state index contributed by atoms with van der Waals surface area (Å²) in [5, 5.41) is 2.58. The molecule has 1 amide bonds. The van der Waals surface area contributed by atoms with Crippen molar-refractivity contribution in [3.8, 4) is 0 Å². The highest BCUT2D eigenvalue weighted by Crippen LogP contribution is 2.29. The first-order valence-corrected chi connectivity index (χ1v) is 6.77. The topological polar surface area (TPSA) is 33.0 Å². The van der Waals surface area contributed by atoms with E-state index < -0.39 is 11.7 Å². The van der Waals surface area contributed by atoms with Gasteiger partial charge in [-0.1, -0.05) is 0 Å². The first-order valence-electron chi connectivity index (χ1n) is 6.77. The predicted octanol–water partition coefficient (Wildman–Crippen LogP) is 3.33. The van der Waals surface area contributed by atoms with Crippen molar-refractivity contribution in [3.05, 3.63) is 59.9 Å². The van der Waals surface area contributed by atoms with E-state index in [1.807, 2.05) is 36.0 Å². The van der Waals surface area contributed by atoms with Crippen LogP contribution < -0.4 is 9.88 Å². The molecule has 2 aromatic rings. The van der Waals surface area contributed by atoms with E-state index in [2.05, 4.69) is 5.32 Å². The van der Waals surface area contributed by atoms with Gasteiger partial charge in [-0.15, -0.1) is 0 Å². The molecule has 0 unspecified atom stereocenters. The Morgan fingerprint density at radius 2 is 1.68 bits per heavy atom. The molecule has 2 rings (SSSR count). The molecule has 0 aliphatic rings. The average molecular weight is 309 g/mol. The molecule has 22 heavy (non-hydrogen) atoms. The third-order valence-corrected chi connectivity index (χ3v) is 3.15. The summed E-state index contributed by atoms with van der Waals surface area (Å²) in [7, 11) is 0. The van der Waals surface area contributed by atoms with Crippen molar-refractivity contribution in [2.75, 3.05) is 5.32 Å². The smallest absolute Gasteiger partial charge is 0.326 e. The molecule has 0 atom stereocenters. The molecular formula is C16H16F3N2O+. The van der Waals surface area contributed by atoms with Gasteiger partial charge in [-0.25, -0.2) is 4.57 Å². The van der Waals surface area contributed by atoms with Gasteiger partial charge in [0.05, 0.1) is 12.0 Å². The molecular weight excluding hydrogens is 293 g/mol. The van der Waals surface area contributed by atoms with Gasteiger partial charge in [-0.05, 0) is 36.8 Å². The maximum Gasteiger partial charge on any atom is 0.416 e. The van der Waals surface area contributed by atoms with Crippen LogP contribution in [-0.4, -0.2) is 5.91 Å². The summed E-state index contributed by atoms with van der Waals surface area (Å²) in [4.78, 5) is 11.8. The molecule has 3 nitrogen and oxygen atoms in total. The SMILES string of the molecule is Cc1cc[n+](CCC(=O)Nc2ccc(C(F)(F)F)cc2)cc1. The first kappa shape index (κ1) is 16.0. The number of amides is 1. The van der Waals surface area contributed by atoms with Gasteiger partial charge in [-0.2, -0.15) is 13.2 Å². The Morgan fingerprint density at radius 1 is 1.09 bits per heavy atom. The molecule has 0 radical (unpaired) electrons. The lowest BCUT2D eigenvalue weighted by Gasteiger charge is -2.08. The Hall–Kier alpha value is -2.37. The largest absolute Gasteiger partial charge is 0.416 e. The number of halogens is 3. The number of nitrogens with one attached hydrogen (secondary N) is 1. The van der Waals surface area contributed by atoms with Crippen LogP contribution in [0.15, 0.2) is 48.8 Å². The van der Waals surface area contributed by atoms with Gasteiger partial charge in [0.15, 0.2) is 18.9 Å². The number of rotatable bonds is 4. The summed E-state index contributed by atoms with van der Waals surface area (Å²) in [6.07, 6.45) is -0.374. The van der Waals surface area contributed by atoms with Gasteiger partial charge in [0.1, 0.15) is 0 Å². The molecule has 0 saturated carbocycles. The summed E-state index contributed by atoms with van der Waals surface area (Å²) in [6, 6.07) is 8.27. The van der Waals surface area contributed by atoms with E-state index in [1.54, 1.807) is 0 Å². The van der Waals surface area contributed by atoms with Crippen LogP contribution in [0.2, 0.25) is 0 Å². The Labute approximate surface area is 126 Å². The zero-order valence-electron chi connectivity index (χ0n) is 12.0. The van der Waals surface area contributed by atoms with Gasteiger partial charge in [-0.3, -0.25) is 4.79 Å². The van der Waals surface area contributed by atoms with Gasteiger partial charge in [0.25, 0.3) is 0 Å². The highest BCUT2D eigenvalue weighted by atomic mass is 19.4. The van der Waals surface area contributed by atoms with Crippen molar-refractivity contribution in [2.45, 2.75) is 26.1 Å². The fourth-order valence-electron chi connectivity index (χ4n) is 1.88. The van der Waals surface area contributed by atoms with E-state index in [9.17, 15) is 18.0 Å². The first-order chi connectivity index (χ1) is 10.3. The second kappa shape index (κ2) is 6.60. The van der Waals surface area contributed by atoms with Crippen molar-refractivity contribution in [2.24, 2.45) is 0 Å². The van der Waals surface area contributed by atoms with Gasteiger partial charge >= 0.3 is 6.18 Å². The lowest BCUT2D eigenvalue weighted by Crippen LogP contribution is -2.34. The zero-order chi connectivity index (χ0) is 16.2. The van der Waals surface area contributed by atoms with Crippen LogP contribution >= 0.6 is 0 Å². The molecule has 0 saturated heterocycles. The quantitative estimate of drug-likeness (QED) is 0.864. The van der Waals surface area contributed by atoms with Crippen molar-refractivity contribution >= 4 is 11.6 Å². The normalized spacial score (nSPS) is 11.3. The van der Waals surface area contributed by atoms with Crippen molar-refractivity contribution < 1.29 is 22.5 Å². The van der Waals surface area contributed by atoms with E-state index in [0.29, 0.717) is 12.2 Å². The van der Waals surface area contributed by atoms with Crippen molar-refractivity contribution in [1.29, 1.82) is 0 Å². The Balaban J connectivity index is 1.88. The average Bonchev–Trinajstić information content (AvgIpc) is 2.46. The summed E-state index contributed by atoms with van der Waals surface area (Å²) in [6.45, 7) is 2.48. The number of pyridine rings is 1. The summed E-state index contributed by atoms with van der Waals surface area (Å²) in [5.41, 5.74) is 0.748. The predicted molar refractivity (Wildman–Crippen MR) is 76.1 cm³/mol. The molecule has 1 aromatic carbocycles.